The highest BCUT2D eigenvalue weighted by Crippen LogP contribution is 2.33. The average molecular weight is 411 g/mol. The minimum atomic E-state index is -3.96. The number of carboxylic acid groups (broad SMARTS) is 1. The van der Waals surface area contributed by atoms with E-state index in [4.69, 9.17) is 10.5 Å². The van der Waals surface area contributed by atoms with Gasteiger partial charge in [0.25, 0.3) is 0 Å². The van der Waals surface area contributed by atoms with Crippen molar-refractivity contribution < 1.29 is 23.1 Å². The molecule has 0 bridgehead atoms. The number of aromatic carboxylic acids is 1. The summed E-state index contributed by atoms with van der Waals surface area (Å²) >= 11 is 0. The van der Waals surface area contributed by atoms with E-state index in [-0.39, 0.29) is 27.5 Å². The van der Waals surface area contributed by atoms with E-state index in [1.165, 1.54) is 37.4 Å². The zero-order valence-electron chi connectivity index (χ0n) is 16.0. The molecule has 0 saturated carbocycles. The van der Waals surface area contributed by atoms with E-state index in [9.17, 15) is 18.3 Å². The first kappa shape index (κ1) is 20.4. The second-order valence-corrected chi connectivity index (χ2v) is 8.50. The van der Waals surface area contributed by atoms with Gasteiger partial charge in [0.15, 0.2) is 0 Å². The Labute approximate surface area is 169 Å². The molecule has 0 saturated heterocycles. The molecule has 0 atom stereocenters. The second kappa shape index (κ2) is 7.97. The van der Waals surface area contributed by atoms with Crippen LogP contribution in [0.15, 0.2) is 70.5 Å². The van der Waals surface area contributed by atoms with Crippen molar-refractivity contribution in [2.45, 2.75) is 23.1 Å². The summed E-state index contributed by atoms with van der Waals surface area (Å²) in [6.45, 7) is 1.59. The zero-order chi connectivity index (χ0) is 21.2. The number of rotatable bonds is 6. The number of hydrogen-bond donors (Lipinski definition) is 2. The molecule has 0 amide bonds. The van der Waals surface area contributed by atoms with Crippen LogP contribution in [0.3, 0.4) is 0 Å². The molecule has 0 spiro atoms. The largest absolute Gasteiger partial charge is 0.497 e. The molecule has 3 N–H and O–H groups in total. The smallest absolute Gasteiger partial charge is 0.336 e. The highest BCUT2D eigenvalue weighted by atomic mass is 32.2. The molecular weight excluding hydrogens is 390 g/mol. The fourth-order valence-electron chi connectivity index (χ4n) is 3.17. The number of anilines is 1. The van der Waals surface area contributed by atoms with Crippen molar-refractivity contribution in [3.8, 4) is 5.75 Å². The van der Waals surface area contributed by atoms with Crippen LogP contribution in [0.25, 0.3) is 0 Å². The number of nitrogen functional groups attached to an aromatic ring is 1. The van der Waals surface area contributed by atoms with Crippen LogP contribution in [0.5, 0.6) is 5.75 Å². The van der Waals surface area contributed by atoms with Crippen LogP contribution in [-0.4, -0.2) is 26.6 Å². The Hall–Kier alpha value is -3.32. The third-order valence-corrected chi connectivity index (χ3v) is 6.71. The number of hydrogen-bond acceptors (Lipinski definition) is 5. The molecule has 0 aliphatic rings. The molecule has 0 radical (unpaired) electrons. The fourth-order valence-corrected chi connectivity index (χ4v) is 4.71. The van der Waals surface area contributed by atoms with Gasteiger partial charge in [0.05, 0.1) is 22.5 Å². The van der Waals surface area contributed by atoms with Gasteiger partial charge in [0.1, 0.15) is 5.75 Å². The van der Waals surface area contributed by atoms with Crippen LogP contribution < -0.4 is 10.5 Å². The summed E-state index contributed by atoms with van der Waals surface area (Å²) in [5.41, 5.74) is 7.90. The molecule has 3 aromatic rings. The molecule has 3 aromatic carbocycles. The van der Waals surface area contributed by atoms with Gasteiger partial charge in [-0.3, -0.25) is 0 Å². The molecule has 0 fully saturated rings. The van der Waals surface area contributed by atoms with E-state index < -0.39 is 15.8 Å². The van der Waals surface area contributed by atoms with Crippen LogP contribution >= 0.6 is 0 Å². The van der Waals surface area contributed by atoms with E-state index in [1.807, 2.05) is 30.3 Å². The van der Waals surface area contributed by atoms with E-state index >= 15 is 0 Å². The van der Waals surface area contributed by atoms with Crippen molar-refractivity contribution in [3.63, 3.8) is 0 Å². The van der Waals surface area contributed by atoms with Gasteiger partial charge in [0, 0.05) is 12.1 Å². The molecular formula is C22H21NO5S. The minimum Gasteiger partial charge on any atom is -0.497 e. The third-order valence-electron chi connectivity index (χ3n) is 4.81. The van der Waals surface area contributed by atoms with Crippen molar-refractivity contribution in [2.75, 3.05) is 12.8 Å². The second-order valence-electron chi connectivity index (χ2n) is 6.59. The van der Waals surface area contributed by atoms with E-state index in [0.29, 0.717) is 16.9 Å². The monoisotopic (exact) mass is 411 g/mol. The van der Waals surface area contributed by atoms with E-state index in [2.05, 4.69) is 0 Å². The molecule has 6 nitrogen and oxygen atoms in total. The van der Waals surface area contributed by atoms with Crippen LogP contribution in [0, 0.1) is 6.92 Å². The zero-order valence-corrected chi connectivity index (χ0v) is 16.9. The Morgan fingerprint density at radius 1 is 1.07 bits per heavy atom. The Bertz CT molecular complexity index is 1150. The molecule has 0 unspecified atom stereocenters. The molecule has 0 heterocycles. The summed E-state index contributed by atoms with van der Waals surface area (Å²) in [4.78, 5) is 11.8. The lowest BCUT2D eigenvalue weighted by atomic mass is 9.95. The molecule has 3 rings (SSSR count). The van der Waals surface area contributed by atoms with E-state index in [1.54, 1.807) is 6.92 Å². The Morgan fingerprint density at radius 2 is 1.69 bits per heavy atom. The first-order chi connectivity index (χ1) is 13.8. The Morgan fingerprint density at radius 3 is 2.24 bits per heavy atom. The van der Waals surface area contributed by atoms with Crippen molar-refractivity contribution in [2.24, 2.45) is 0 Å². The van der Waals surface area contributed by atoms with Gasteiger partial charge in [-0.15, -0.1) is 0 Å². The summed E-state index contributed by atoms with van der Waals surface area (Å²) in [7, 11) is -2.48. The highest BCUT2D eigenvalue weighted by molar-refractivity contribution is 7.91. The lowest BCUT2D eigenvalue weighted by Gasteiger charge is -2.17. The molecule has 150 valence electrons. The third kappa shape index (κ3) is 3.95. The SMILES string of the molecule is COc1ccc(S(=O)(=O)c2cc(C(=O)O)c(Cc3ccccc3)c(N)c2C)cc1. The highest BCUT2D eigenvalue weighted by Gasteiger charge is 2.26. The number of benzene rings is 3. The van der Waals surface area contributed by atoms with Gasteiger partial charge < -0.3 is 15.6 Å². The molecule has 0 aliphatic heterocycles. The maximum absolute atomic E-state index is 13.2. The number of sulfone groups is 1. The predicted molar refractivity (Wildman–Crippen MR) is 110 cm³/mol. The number of ether oxygens (including phenoxy) is 1. The van der Waals surface area contributed by atoms with Gasteiger partial charge in [-0.2, -0.15) is 0 Å². The number of carboxylic acids is 1. The van der Waals surface area contributed by atoms with Crippen molar-refractivity contribution in [1.82, 2.24) is 0 Å². The maximum atomic E-state index is 13.2. The normalized spacial score (nSPS) is 11.2. The van der Waals surface area contributed by atoms with Crippen LogP contribution in [-0.2, 0) is 16.3 Å². The molecule has 0 aliphatic carbocycles. The van der Waals surface area contributed by atoms with Crippen LogP contribution in [0.4, 0.5) is 5.69 Å². The van der Waals surface area contributed by atoms with E-state index in [0.717, 1.165) is 5.56 Å². The topological polar surface area (TPSA) is 107 Å². The van der Waals surface area contributed by atoms with Gasteiger partial charge in [0.2, 0.25) is 9.84 Å². The molecule has 0 aromatic heterocycles. The van der Waals surface area contributed by atoms with Gasteiger partial charge >= 0.3 is 5.97 Å². The first-order valence-corrected chi connectivity index (χ1v) is 10.3. The fraction of sp³-hybridized carbons (Fsp3) is 0.136. The lowest BCUT2D eigenvalue weighted by Crippen LogP contribution is -2.13. The molecule has 7 heteroatoms. The Kier molecular flexibility index (Phi) is 5.61. The van der Waals surface area contributed by atoms with Gasteiger partial charge in [-0.1, -0.05) is 30.3 Å². The predicted octanol–water partition coefficient (Wildman–Crippen LogP) is 3.71. The average Bonchev–Trinajstić information content (AvgIpc) is 2.72. The first-order valence-electron chi connectivity index (χ1n) is 8.84. The summed E-state index contributed by atoms with van der Waals surface area (Å²) in [6.07, 6.45) is 0.290. The standard InChI is InChI=1S/C22H21NO5S/c1-14-20(29(26,27)17-10-8-16(28-2)9-11-17)13-19(22(24)25)18(21(14)23)12-15-6-4-3-5-7-15/h3-11,13H,12,23H2,1-2H3,(H,24,25). The quantitative estimate of drug-likeness (QED) is 0.599. The summed E-state index contributed by atoms with van der Waals surface area (Å²) in [5, 5.41) is 9.72. The summed E-state index contributed by atoms with van der Waals surface area (Å²) in [5.74, 6) is -0.710. The van der Waals surface area contributed by atoms with Crippen LogP contribution in [0.1, 0.15) is 27.0 Å². The van der Waals surface area contributed by atoms with Crippen molar-refractivity contribution in [3.05, 3.63) is 82.9 Å². The van der Waals surface area contributed by atoms with Crippen LogP contribution in [0.2, 0.25) is 0 Å². The summed E-state index contributed by atoms with van der Waals surface area (Å²) in [6, 6.07) is 16.4. The molecule has 29 heavy (non-hydrogen) atoms. The van der Waals surface area contributed by atoms with Gasteiger partial charge in [-0.05, 0) is 53.9 Å². The van der Waals surface area contributed by atoms with Crippen molar-refractivity contribution >= 4 is 21.5 Å². The lowest BCUT2D eigenvalue weighted by molar-refractivity contribution is 0.0695. The van der Waals surface area contributed by atoms with Crippen molar-refractivity contribution in [1.29, 1.82) is 0 Å². The summed E-state index contributed by atoms with van der Waals surface area (Å²) < 4.78 is 31.4. The van der Waals surface area contributed by atoms with Gasteiger partial charge in [-0.25, -0.2) is 13.2 Å². The Balaban J connectivity index is 2.16. The minimum absolute atomic E-state index is 0.0351. The number of carbonyl (C=O) groups is 1. The number of nitrogens with two attached hydrogens (primary N) is 1. The number of methoxy groups -OCH3 is 1. The maximum Gasteiger partial charge on any atom is 0.336 e.